The number of ether oxygens (including phenoxy) is 2. The van der Waals surface area contributed by atoms with Crippen LogP contribution in [0.3, 0.4) is 0 Å². The molecule has 0 atom stereocenters. The van der Waals surface area contributed by atoms with E-state index in [2.05, 4.69) is 42.4 Å². The summed E-state index contributed by atoms with van der Waals surface area (Å²) in [6, 6.07) is 15.9. The zero-order chi connectivity index (χ0) is 22.4. The van der Waals surface area contributed by atoms with Crippen LogP contribution in [0.25, 0.3) is 0 Å². The molecule has 3 aromatic rings. The van der Waals surface area contributed by atoms with E-state index in [1.807, 2.05) is 6.07 Å². The lowest BCUT2D eigenvalue weighted by Gasteiger charge is -2.14. The topological polar surface area (TPSA) is 59.9 Å². The maximum absolute atomic E-state index is 12.2. The third-order valence-corrected chi connectivity index (χ3v) is 6.00. The Bertz CT molecular complexity index is 1140. The minimum absolute atomic E-state index is 0.237. The number of hydrogen-bond donors (Lipinski definition) is 1. The van der Waals surface area contributed by atoms with Gasteiger partial charge in [0.2, 0.25) is 0 Å². The SMILES string of the molecule is COc1cc(/C=N/NC(=O)c2ccccc2Br)cc(Br)c1OCc1ccc(Cl)cc1Cl. The van der Waals surface area contributed by atoms with Gasteiger partial charge in [0.1, 0.15) is 6.61 Å². The van der Waals surface area contributed by atoms with Gasteiger partial charge in [0, 0.05) is 20.1 Å². The van der Waals surface area contributed by atoms with Crippen molar-refractivity contribution in [3.05, 3.63) is 90.3 Å². The third kappa shape index (κ3) is 6.23. The summed E-state index contributed by atoms with van der Waals surface area (Å²) in [5.74, 6) is 0.690. The number of carbonyl (C=O) groups is 1. The molecule has 31 heavy (non-hydrogen) atoms. The largest absolute Gasteiger partial charge is 0.493 e. The van der Waals surface area contributed by atoms with Crippen molar-refractivity contribution in [1.82, 2.24) is 5.43 Å². The van der Waals surface area contributed by atoms with Gasteiger partial charge in [-0.2, -0.15) is 5.10 Å². The van der Waals surface area contributed by atoms with Crippen molar-refractivity contribution in [1.29, 1.82) is 0 Å². The van der Waals surface area contributed by atoms with Crippen LogP contribution in [0.4, 0.5) is 0 Å². The summed E-state index contributed by atoms with van der Waals surface area (Å²) < 4.78 is 12.7. The molecule has 3 rings (SSSR count). The number of nitrogens with one attached hydrogen (secondary N) is 1. The minimum atomic E-state index is -0.324. The van der Waals surface area contributed by atoms with Crippen LogP contribution in [-0.4, -0.2) is 19.2 Å². The van der Waals surface area contributed by atoms with Crippen LogP contribution < -0.4 is 14.9 Å². The molecule has 0 saturated heterocycles. The van der Waals surface area contributed by atoms with E-state index in [0.29, 0.717) is 41.6 Å². The van der Waals surface area contributed by atoms with E-state index in [-0.39, 0.29) is 12.5 Å². The molecule has 5 nitrogen and oxygen atoms in total. The van der Waals surface area contributed by atoms with Crippen molar-refractivity contribution < 1.29 is 14.3 Å². The molecule has 0 fully saturated rings. The Balaban J connectivity index is 1.72. The van der Waals surface area contributed by atoms with Gasteiger partial charge in [-0.15, -0.1) is 0 Å². The van der Waals surface area contributed by atoms with Gasteiger partial charge in [0.25, 0.3) is 5.91 Å². The van der Waals surface area contributed by atoms with Gasteiger partial charge in [-0.3, -0.25) is 4.79 Å². The number of nitrogens with zero attached hydrogens (tertiary/aromatic N) is 1. The Hall–Kier alpha value is -2.06. The molecule has 0 spiro atoms. The molecule has 1 N–H and O–H groups in total. The van der Waals surface area contributed by atoms with Crippen LogP contribution in [0.15, 0.2) is 68.6 Å². The van der Waals surface area contributed by atoms with Crippen molar-refractivity contribution in [3.63, 3.8) is 0 Å². The molecular formula is C22H16Br2Cl2N2O3. The Labute approximate surface area is 206 Å². The molecule has 1 amide bonds. The number of rotatable bonds is 7. The standard InChI is InChI=1S/C22H16Br2Cl2N2O3/c1-30-20-9-13(11-27-28-22(29)16-4-2-3-5-17(16)23)8-18(24)21(20)31-12-14-6-7-15(25)10-19(14)26/h2-11H,12H2,1H3,(H,28,29)/b27-11+. The van der Waals surface area contributed by atoms with Crippen LogP contribution >= 0.6 is 55.1 Å². The van der Waals surface area contributed by atoms with Crippen molar-refractivity contribution >= 4 is 67.2 Å². The molecule has 0 aromatic heterocycles. The van der Waals surface area contributed by atoms with Gasteiger partial charge < -0.3 is 9.47 Å². The molecule has 160 valence electrons. The predicted octanol–water partition coefficient (Wildman–Crippen LogP) is 6.87. The molecule has 0 unspecified atom stereocenters. The lowest BCUT2D eigenvalue weighted by molar-refractivity contribution is 0.0954. The van der Waals surface area contributed by atoms with Gasteiger partial charge in [-0.1, -0.05) is 41.4 Å². The van der Waals surface area contributed by atoms with Gasteiger partial charge in [0.15, 0.2) is 11.5 Å². The van der Waals surface area contributed by atoms with E-state index in [4.69, 9.17) is 32.7 Å². The minimum Gasteiger partial charge on any atom is -0.493 e. The summed E-state index contributed by atoms with van der Waals surface area (Å²) in [5, 5.41) is 5.10. The molecule has 9 heteroatoms. The van der Waals surface area contributed by atoms with Gasteiger partial charge >= 0.3 is 0 Å². The van der Waals surface area contributed by atoms with E-state index in [1.54, 1.807) is 55.6 Å². The first-order valence-corrected chi connectivity index (χ1v) is 11.3. The Morgan fingerprint density at radius 3 is 2.58 bits per heavy atom. The highest BCUT2D eigenvalue weighted by Gasteiger charge is 2.13. The predicted molar refractivity (Wildman–Crippen MR) is 131 cm³/mol. The number of hydrogen-bond acceptors (Lipinski definition) is 4. The summed E-state index contributed by atoms with van der Waals surface area (Å²) in [4.78, 5) is 12.2. The van der Waals surface area contributed by atoms with E-state index in [9.17, 15) is 4.79 Å². The summed E-state index contributed by atoms with van der Waals surface area (Å²) in [6.07, 6.45) is 1.52. The maximum Gasteiger partial charge on any atom is 0.272 e. The van der Waals surface area contributed by atoms with Crippen molar-refractivity contribution in [2.75, 3.05) is 7.11 Å². The van der Waals surface area contributed by atoms with E-state index < -0.39 is 0 Å². The zero-order valence-electron chi connectivity index (χ0n) is 16.2. The molecule has 0 aliphatic rings. The van der Waals surface area contributed by atoms with E-state index in [0.717, 1.165) is 5.56 Å². The number of benzene rings is 3. The Kier molecular flexibility index (Phi) is 8.37. The molecular weight excluding hydrogens is 571 g/mol. The fourth-order valence-corrected chi connectivity index (χ4v) is 4.12. The zero-order valence-corrected chi connectivity index (χ0v) is 20.8. The summed E-state index contributed by atoms with van der Waals surface area (Å²) in [6.45, 7) is 0.237. The number of halogens is 4. The fraction of sp³-hybridized carbons (Fsp3) is 0.0909. The molecule has 0 saturated carbocycles. The average molecular weight is 587 g/mol. The Morgan fingerprint density at radius 1 is 1.10 bits per heavy atom. The highest BCUT2D eigenvalue weighted by molar-refractivity contribution is 9.10. The quantitative estimate of drug-likeness (QED) is 0.243. The van der Waals surface area contributed by atoms with Crippen LogP contribution in [0.5, 0.6) is 11.5 Å². The number of carbonyl (C=O) groups excluding carboxylic acids is 1. The summed E-state index contributed by atoms with van der Waals surface area (Å²) in [7, 11) is 1.54. The first-order chi connectivity index (χ1) is 14.9. The van der Waals surface area contributed by atoms with Crippen molar-refractivity contribution in [3.8, 4) is 11.5 Å². The molecule has 0 radical (unpaired) electrons. The monoisotopic (exact) mass is 584 g/mol. The van der Waals surface area contributed by atoms with Crippen molar-refractivity contribution in [2.45, 2.75) is 6.61 Å². The van der Waals surface area contributed by atoms with E-state index >= 15 is 0 Å². The average Bonchev–Trinajstić information content (AvgIpc) is 2.74. The first-order valence-electron chi connectivity index (χ1n) is 8.91. The summed E-state index contributed by atoms with van der Waals surface area (Å²) >= 11 is 19.0. The number of amides is 1. The fourth-order valence-electron chi connectivity index (χ4n) is 2.61. The Morgan fingerprint density at radius 2 is 1.87 bits per heavy atom. The maximum atomic E-state index is 12.2. The van der Waals surface area contributed by atoms with Crippen LogP contribution in [0.1, 0.15) is 21.5 Å². The normalized spacial score (nSPS) is 10.9. The highest BCUT2D eigenvalue weighted by Crippen LogP contribution is 2.37. The number of hydrazone groups is 1. The van der Waals surface area contributed by atoms with Crippen LogP contribution in [0.2, 0.25) is 10.0 Å². The smallest absolute Gasteiger partial charge is 0.272 e. The second-order valence-corrected chi connectivity index (χ2v) is 8.79. The first kappa shape index (κ1) is 23.6. The highest BCUT2D eigenvalue weighted by atomic mass is 79.9. The van der Waals surface area contributed by atoms with Gasteiger partial charge in [-0.05, 0) is 73.8 Å². The lowest BCUT2D eigenvalue weighted by Crippen LogP contribution is -2.18. The van der Waals surface area contributed by atoms with Crippen LogP contribution in [0, 0.1) is 0 Å². The van der Waals surface area contributed by atoms with Crippen molar-refractivity contribution in [2.24, 2.45) is 5.10 Å². The number of methoxy groups -OCH3 is 1. The van der Waals surface area contributed by atoms with Crippen LogP contribution in [-0.2, 0) is 6.61 Å². The third-order valence-electron chi connectivity index (χ3n) is 4.14. The summed E-state index contributed by atoms with van der Waals surface area (Å²) in [5.41, 5.74) is 4.49. The lowest BCUT2D eigenvalue weighted by atomic mass is 10.2. The molecule has 0 aliphatic heterocycles. The second kappa shape index (κ2) is 11.0. The molecule has 0 heterocycles. The second-order valence-electron chi connectivity index (χ2n) is 6.24. The van der Waals surface area contributed by atoms with Gasteiger partial charge in [0.05, 0.1) is 23.4 Å². The molecule has 0 bridgehead atoms. The van der Waals surface area contributed by atoms with Gasteiger partial charge in [-0.25, -0.2) is 5.43 Å². The molecule has 3 aromatic carbocycles. The molecule has 0 aliphatic carbocycles. The van der Waals surface area contributed by atoms with E-state index in [1.165, 1.54) is 6.21 Å².